The van der Waals surface area contributed by atoms with Gasteiger partial charge in [0.1, 0.15) is 5.82 Å². The number of rotatable bonds is 3. The Kier molecular flexibility index (Phi) is 4.61. The molecule has 2 rings (SSSR count). The molecule has 1 aromatic rings. The second kappa shape index (κ2) is 6.23. The first kappa shape index (κ1) is 14.8. The molecular formula is C13H16F3N3O. The average Bonchev–Trinajstić information content (AvgIpc) is 2.43. The van der Waals surface area contributed by atoms with Crippen LogP contribution in [0.1, 0.15) is 5.56 Å². The van der Waals surface area contributed by atoms with Crippen LogP contribution in [0.3, 0.4) is 0 Å². The Labute approximate surface area is 114 Å². The Morgan fingerprint density at radius 3 is 2.90 bits per heavy atom. The molecule has 0 spiro atoms. The van der Waals surface area contributed by atoms with Gasteiger partial charge in [-0.15, -0.1) is 0 Å². The number of amides is 1. The summed E-state index contributed by atoms with van der Waals surface area (Å²) in [4.78, 5) is 13.3. The highest BCUT2D eigenvalue weighted by Crippen LogP contribution is 2.17. The summed E-state index contributed by atoms with van der Waals surface area (Å²) in [7, 11) is 1.53. The van der Waals surface area contributed by atoms with Crippen LogP contribution >= 0.6 is 0 Å². The summed E-state index contributed by atoms with van der Waals surface area (Å²) in [6, 6.07) is 1.09. The number of hydrogen-bond donors (Lipinski definition) is 2. The van der Waals surface area contributed by atoms with Crippen LogP contribution in [0.2, 0.25) is 0 Å². The number of likely N-dealkylation sites (N-methyl/N-ethyl adjacent to an activating group) is 1. The van der Waals surface area contributed by atoms with Crippen molar-refractivity contribution in [3.05, 3.63) is 35.1 Å². The molecule has 7 heteroatoms. The van der Waals surface area contributed by atoms with Crippen molar-refractivity contribution in [3.8, 4) is 0 Å². The maximum Gasteiger partial charge on any atom is 0.238 e. The summed E-state index contributed by atoms with van der Waals surface area (Å²) < 4.78 is 39.9. The molecule has 110 valence electrons. The molecule has 1 atom stereocenters. The molecule has 1 heterocycles. The topological polar surface area (TPSA) is 44.4 Å². The Morgan fingerprint density at radius 2 is 2.20 bits per heavy atom. The molecule has 1 aliphatic rings. The van der Waals surface area contributed by atoms with Gasteiger partial charge in [0.15, 0.2) is 11.6 Å². The fourth-order valence-electron chi connectivity index (χ4n) is 2.27. The van der Waals surface area contributed by atoms with Gasteiger partial charge >= 0.3 is 0 Å². The van der Waals surface area contributed by atoms with Crippen molar-refractivity contribution >= 4 is 5.91 Å². The molecule has 0 unspecified atom stereocenters. The van der Waals surface area contributed by atoms with Gasteiger partial charge in [-0.25, -0.2) is 13.2 Å². The van der Waals surface area contributed by atoms with Gasteiger partial charge < -0.3 is 10.6 Å². The Morgan fingerprint density at radius 1 is 1.45 bits per heavy atom. The molecule has 1 saturated heterocycles. The van der Waals surface area contributed by atoms with Crippen molar-refractivity contribution in [2.24, 2.45) is 0 Å². The quantitative estimate of drug-likeness (QED) is 0.801. The number of halogens is 3. The Balaban J connectivity index is 2.08. The molecule has 1 amide bonds. The van der Waals surface area contributed by atoms with Crippen molar-refractivity contribution in [2.75, 3.05) is 26.7 Å². The summed E-state index contributed by atoms with van der Waals surface area (Å²) >= 11 is 0. The monoisotopic (exact) mass is 287 g/mol. The molecule has 0 saturated carbocycles. The summed E-state index contributed by atoms with van der Waals surface area (Å²) in [5, 5.41) is 5.55. The number of carbonyl (C=O) groups is 1. The molecule has 20 heavy (non-hydrogen) atoms. The van der Waals surface area contributed by atoms with Crippen LogP contribution < -0.4 is 10.6 Å². The van der Waals surface area contributed by atoms with Crippen molar-refractivity contribution in [2.45, 2.75) is 12.6 Å². The van der Waals surface area contributed by atoms with E-state index in [1.807, 2.05) is 0 Å². The third-order valence-electron chi connectivity index (χ3n) is 3.28. The number of piperazine rings is 1. The minimum absolute atomic E-state index is 0.0416. The van der Waals surface area contributed by atoms with Gasteiger partial charge in [-0.05, 0) is 6.07 Å². The molecule has 1 aromatic carbocycles. The van der Waals surface area contributed by atoms with Gasteiger partial charge in [0.2, 0.25) is 5.91 Å². The van der Waals surface area contributed by atoms with E-state index in [0.29, 0.717) is 25.7 Å². The molecule has 1 fully saturated rings. The maximum atomic E-state index is 13.6. The lowest BCUT2D eigenvalue weighted by molar-refractivity contribution is -0.123. The highest BCUT2D eigenvalue weighted by atomic mass is 19.2. The maximum absolute atomic E-state index is 13.6. The number of nitrogens with one attached hydrogen (secondary N) is 2. The minimum Gasteiger partial charge on any atom is -0.358 e. The van der Waals surface area contributed by atoms with E-state index in [1.54, 1.807) is 4.90 Å². The number of carbonyl (C=O) groups excluding carboxylic acids is 1. The van der Waals surface area contributed by atoms with E-state index in [9.17, 15) is 18.0 Å². The zero-order valence-electron chi connectivity index (χ0n) is 11.0. The van der Waals surface area contributed by atoms with Crippen molar-refractivity contribution in [1.82, 2.24) is 15.5 Å². The van der Waals surface area contributed by atoms with Gasteiger partial charge in [0.25, 0.3) is 0 Å². The van der Waals surface area contributed by atoms with Crippen LogP contribution in [-0.4, -0.2) is 43.5 Å². The molecule has 0 aliphatic carbocycles. The fourth-order valence-corrected chi connectivity index (χ4v) is 2.27. The van der Waals surface area contributed by atoms with Crippen LogP contribution in [0.4, 0.5) is 13.2 Å². The zero-order chi connectivity index (χ0) is 14.7. The van der Waals surface area contributed by atoms with E-state index in [1.165, 1.54) is 7.05 Å². The number of benzene rings is 1. The summed E-state index contributed by atoms with van der Waals surface area (Å²) in [5.41, 5.74) is -0.0416. The second-order valence-electron chi connectivity index (χ2n) is 4.72. The molecule has 0 aromatic heterocycles. The van der Waals surface area contributed by atoms with E-state index < -0.39 is 23.5 Å². The predicted molar refractivity (Wildman–Crippen MR) is 67.5 cm³/mol. The van der Waals surface area contributed by atoms with E-state index >= 15 is 0 Å². The van der Waals surface area contributed by atoms with Gasteiger partial charge in [0.05, 0.1) is 6.04 Å². The largest absolute Gasteiger partial charge is 0.358 e. The first-order valence-electron chi connectivity index (χ1n) is 6.32. The average molecular weight is 287 g/mol. The third kappa shape index (κ3) is 3.29. The molecule has 4 nitrogen and oxygen atoms in total. The van der Waals surface area contributed by atoms with E-state index in [2.05, 4.69) is 10.6 Å². The summed E-state index contributed by atoms with van der Waals surface area (Å²) in [6.07, 6.45) is 0. The molecular weight excluding hydrogens is 271 g/mol. The highest BCUT2D eigenvalue weighted by molar-refractivity contribution is 5.81. The third-order valence-corrected chi connectivity index (χ3v) is 3.28. The highest BCUT2D eigenvalue weighted by Gasteiger charge is 2.25. The lowest BCUT2D eigenvalue weighted by atomic mass is 10.1. The minimum atomic E-state index is -1.20. The van der Waals surface area contributed by atoms with Crippen molar-refractivity contribution in [1.29, 1.82) is 0 Å². The van der Waals surface area contributed by atoms with Crippen LogP contribution in [0.15, 0.2) is 12.1 Å². The van der Waals surface area contributed by atoms with Gasteiger partial charge in [-0.1, -0.05) is 0 Å². The smallest absolute Gasteiger partial charge is 0.238 e. The first-order valence-corrected chi connectivity index (χ1v) is 6.32. The second-order valence-corrected chi connectivity index (χ2v) is 4.72. The SMILES string of the molecule is CNC(=O)[C@@H]1CN(Cc2cc(F)cc(F)c2F)CCN1. The summed E-state index contributed by atoms with van der Waals surface area (Å²) in [6.45, 7) is 1.55. The van der Waals surface area contributed by atoms with Crippen LogP contribution in [-0.2, 0) is 11.3 Å². The molecule has 0 bridgehead atoms. The standard InChI is InChI=1S/C13H16F3N3O/c1-17-13(20)11-7-19(3-2-18-11)6-8-4-9(14)5-10(15)12(8)16/h4-5,11,18H,2-3,6-7H2,1H3,(H,17,20)/t11-/m0/s1. The lowest BCUT2D eigenvalue weighted by Crippen LogP contribution is -2.56. The molecule has 2 N–H and O–H groups in total. The van der Waals surface area contributed by atoms with Crippen LogP contribution in [0.25, 0.3) is 0 Å². The lowest BCUT2D eigenvalue weighted by Gasteiger charge is -2.32. The van der Waals surface area contributed by atoms with Crippen LogP contribution in [0.5, 0.6) is 0 Å². The van der Waals surface area contributed by atoms with Gasteiger partial charge in [-0.2, -0.15) is 0 Å². The van der Waals surface area contributed by atoms with Crippen LogP contribution in [0, 0.1) is 17.5 Å². The normalized spacial score (nSPS) is 19.9. The zero-order valence-corrected chi connectivity index (χ0v) is 11.0. The van der Waals surface area contributed by atoms with Crippen molar-refractivity contribution in [3.63, 3.8) is 0 Å². The summed E-state index contributed by atoms with van der Waals surface area (Å²) in [5.74, 6) is -3.21. The van der Waals surface area contributed by atoms with Crippen molar-refractivity contribution < 1.29 is 18.0 Å². The Hall–Kier alpha value is -1.60. The van der Waals surface area contributed by atoms with E-state index in [0.717, 1.165) is 6.07 Å². The first-order chi connectivity index (χ1) is 9.51. The van der Waals surface area contributed by atoms with E-state index in [-0.39, 0.29) is 18.0 Å². The van der Waals surface area contributed by atoms with Gasteiger partial charge in [0, 0.05) is 44.9 Å². The number of hydrogen-bond acceptors (Lipinski definition) is 3. The van der Waals surface area contributed by atoms with E-state index in [4.69, 9.17) is 0 Å². The molecule has 0 radical (unpaired) electrons. The van der Waals surface area contributed by atoms with Gasteiger partial charge in [-0.3, -0.25) is 9.69 Å². The molecule has 1 aliphatic heterocycles. The fraction of sp³-hybridized carbons (Fsp3) is 0.462. The number of nitrogens with zero attached hydrogens (tertiary/aromatic N) is 1. The predicted octanol–water partition coefficient (Wildman–Crippen LogP) is 0.624. The Bertz CT molecular complexity index is 510.